The topological polar surface area (TPSA) is 56.3 Å². The van der Waals surface area contributed by atoms with E-state index in [2.05, 4.69) is 15.3 Å². The summed E-state index contributed by atoms with van der Waals surface area (Å²) < 4.78 is 11.1. The number of hydrogen-bond acceptors (Lipinski definition) is 5. The average Bonchev–Trinajstić information content (AvgIpc) is 3.16. The van der Waals surface area contributed by atoms with Gasteiger partial charge >= 0.3 is 6.01 Å². The second kappa shape index (κ2) is 6.50. The molecule has 2 rings (SSSR count). The molecule has 0 spiro atoms. The van der Waals surface area contributed by atoms with Gasteiger partial charge in [-0.05, 0) is 40.5 Å². The Kier molecular flexibility index (Phi) is 4.94. The van der Waals surface area contributed by atoms with Crippen LogP contribution in [0.4, 0.5) is 0 Å². The van der Waals surface area contributed by atoms with E-state index in [-0.39, 0.29) is 5.60 Å². The minimum Gasteiger partial charge on any atom is -0.461 e. The minimum atomic E-state index is -0.140. The first-order chi connectivity index (χ1) is 9.44. The zero-order valence-corrected chi connectivity index (χ0v) is 12.9. The SMILES string of the molecule is Cc1nc(OCCOC(C)(C)C)ncc1CNC1CC1. The first-order valence-corrected chi connectivity index (χ1v) is 7.27. The molecule has 1 aromatic rings. The number of ether oxygens (including phenoxy) is 2. The van der Waals surface area contributed by atoms with Crippen molar-refractivity contribution in [1.29, 1.82) is 0 Å². The largest absolute Gasteiger partial charge is 0.461 e. The first-order valence-electron chi connectivity index (χ1n) is 7.27. The fraction of sp³-hybridized carbons (Fsp3) is 0.733. The minimum absolute atomic E-state index is 0.140. The second-order valence-electron chi connectivity index (χ2n) is 6.23. The van der Waals surface area contributed by atoms with Gasteiger partial charge in [0.2, 0.25) is 0 Å². The molecule has 1 N–H and O–H groups in total. The number of hydrogen-bond donors (Lipinski definition) is 1. The summed E-state index contributed by atoms with van der Waals surface area (Å²) in [5.74, 6) is 0. The zero-order valence-electron chi connectivity index (χ0n) is 12.9. The molecule has 0 aromatic carbocycles. The third-order valence-corrected chi connectivity index (χ3v) is 3.07. The zero-order chi connectivity index (χ0) is 14.6. The summed E-state index contributed by atoms with van der Waals surface area (Å²) in [5, 5.41) is 3.46. The lowest BCUT2D eigenvalue weighted by Crippen LogP contribution is -2.23. The van der Waals surface area contributed by atoms with Gasteiger partial charge in [0.05, 0.1) is 12.2 Å². The molecule has 5 nitrogen and oxygen atoms in total. The number of nitrogens with zero attached hydrogens (tertiary/aromatic N) is 2. The van der Waals surface area contributed by atoms with Gasteiger partial charge in [-0.3, -0.25) is 0 Å². The van der Waals surface area contributed by atoms with Gasteiger partial charge in [0, 0.05) is 30.0 Å². The molecule has 1 fully saturated rings. The first kappa shape index (κ1) is 15.2. The lowest BCUT2D eigenvalue weighted by Gasteiger charge is -2.19. The Morgan fingerprint density at radius 2 is 2.05 bits per heavy atom. The highest BCUT2D eigenvalue weighted by molar-refractivity contribution is 5.17. The van der Waals surface area contributed by atoms with E-state index in [4.69, 9.17) is 9.47 Å². The third kappa shape index (κ3) is 5.43. The summed E-state index contributed by atoms with van der Waals surface area (Å²) in [7, 11) is 0. The van der Waals surface area contributed by atoms with Gasteiger partial charge in [0.15, 0.2) is 0 Å². The summed E-state index contributed by atoms with van der Waals surface area (Å²) in [6.07, 6.45) is 4.42. The standard InChI is InChI=1S/C15H25N3O2/c1-11-12(9-16-13-5-6-13)10-17-14(18-11)19-7-8-20-15(2,3)4/h10,13,16H,5-9H2,1-4H3. The van der Waals surface area contributed by atoms with E-state index in [1.807, 2.05) is 33.9 Å². The van der Waals surface area contributed by atoms with Crippen molar-refractivity contribution in [3.63, 3.8) is 0 Å². The molecule has 1 aliphatic rings. The smallest absolute Gasteiger partial charge is 0.316 e. The van der Waals surface area contributed by atoms with Gasteiger partial charge in [-0.25, -0.2) is 9.97 Å². The molecular weight excluding hydrogens is 254 g/mol. The normalized spacial score (nSPS) is 15.4. The van der Waals surface area contributed by atoms with Crippen LogP contribution in [0.5, 0.6) is 6.01 Å². The van der Waals surface area contributed by atoms with E-state index in [1.165, 1.54) is 12.8 Å². The molecule has 0 atom stereocenters. The van der Waals surface area contributed by atoms with E-state index >= 15 is 0 Å². The van der Waals surface area contributed by atoms with Crippen LogP contribution in [0.3, 0.4) is 0 Å². The molecule has 20 heavy (non-hydrogen) atoms. The van der Waals surface area contributed by atoms with E-state index < -0.39 is 0 Å². The lowest BCUT2D eigenvalue weighted by atomic mass is 10.2. The van der Waals surface area contributed by atoms with Gasteiger partial charge < -0.3 is 14.8 Å². The fourth-order valence-corrected chi connectivity index (χ4v) is 1.74. The molecule has 0 bridgehead atoms. The van der Waals surface area contributed by atoms with Crippen molar-refractivity contribution in [3.05, 3.63) is 17.5 Å². The van der Waals surface area contributed by atoms with Crippen LogP contribution in [-0.2, 0) is 11.3 Å². The molecule has 112 valence electrons. The van der Waals surface area contributed by atoms with Gasteiger partial charge in [-0.1, -0.05) is 0 Å². The van der Waals surface area contributed by atoms with Crippen LogP contribution in [-0.4, -0.2) is 34.8 Å². The molecular formula is C15H25N3O2. The summed E-state index contributed by atoms with van der Waals surface area (Å²) in [5.41, 5.74) is 1.97. The van der Waals surface area contributed by atoms with Crippen LogP contribution < -0.4 is 10.1 Å². The molecule has 0 aliphatic heterocycles. The van der Waals surface area contributed by atoms with Crippen LogP contribution >= 0.6 is 0 Å². The Balaban J connectivity index is 1.76. The van der Waals surface area contributed by atoms with Crippen molar-refractivity contribution in [2.24, 2.45) is 0 Å². The summed E-state index contributed by atoms with van der Waals surface area (Å²) in [6.45, 7) is 9.90. The Hall–Kier alpha value is -1.20. The maximum Gasteiger partial charge on any atom is 0.316 e. The average molecular weight is 279 g/mol. The molecule has 1 aliphatic carbocycles. The maximum atomic E-state index is 5.59. The highest BCUT2D eigenvalue weighted by Gasteiger charge is 2.20. The number of rotatable bonds is 7. The van der Waals surface area contributed by atoms with Crippen molar-refractivity contribution in [2.45, 2.75) is 58.7 Å². The molecule has 0 radical (unpaired) electrons. The Bertz CT molecular complexity index is 439. The van der Waals surface area contributed by atoms with Crippen LogP contribution in [0, 0.1) is 6.92 Å². The van der Waals surface area contributed by atoms with Crippen molar-refractivity contribution in [3.8, 4) is 6.01 Å². The molecule has 1 saturated carbocycles. The molecule has 5 heteroatoms. The van der Waals surface area contributed by atoms with Crippen LogP contribution in [0.1, 0.15) is 44.9 Å². The van der Waals surface area contributed by atoms with Crippen LogP contribution in [0.25, 0.3) is 0 Å². The summed E-state index contributed by atoms with van der Waals surface area (Å²) in [6, 6.07) is 1.12. The predicted molar refractivity (Wildman–Crippen MR) is 77.8 cm³/mol. The number of aromatic nitrogens is 2. The van der Waals surface area contributed by atoms with E-state index in [0.29, 0.717) is 25.3 Å². The van der Waals surface area contributed by atoms with Crippen molar-refractivity contribution in [2.75, 3.05) is 13.2 Å². The predicted octanol–water partition coefficient (Wildman–Crippen LogP) is 2.23. The van der Waals surface area contributed by atoms with Gasteiger partial charge in [-0.15, -0.1) is 0 Å². The van der Waals surface area contributed by atoms with Crippen molar-refractivity contribution in [1.82, 2.24) is 15.3 Å². The molecule has 1 heterocycles. The van der Waals surface area contributed by atoms with Gasteiger partial charge in [-0.2, -0.15) is 0 Å². The van der Waals surface area contributed by atoms with Crippen molar-refractivity contribution >= 4 is 0 Å². The van der Waals surface area contributed by atoms with Crippen LogP contribution in [0.15, 0.2) is 6.20 Å². The maximum absolute atomic E-state index is 5.59. The highest BCUT2D eigenvalue weighted by atomic mass is 16.5. The van der Waals surface area contributed by atoms with Gasteiger partial charge in [0.1, 0.15) is 6.61 Å². The van der Waals surface area contributed by atoms with Crippen LogP contribution in [0.2, 0.25) is 0 Å². The second-order valence-corrected chi connectivity index (χ2v) is 6.23. The molecule has 0 saturated heterocycles. The molecule has 1 aromatic heterocycles. The van der Waals surface area contributed by atoms with E-state index in [9.17, 15) is 0 Å². The number of nitrogens with one attached hydrogen (secondary N) is 1. The Morgan fingerprint density at radius 3 is 2.65 bits per heavy atom. The summed E-state index contributed by atoms with van der Waals surface area (Å²) in [4.78, 5) is 8.62. The quantitative estimate of drug-likeness (QED) is 0.776. The van der Waals surface area contributed by atoms with Gasteiger partial charge in [0.25, 0.3) is 0 Å². The highest BCUT2D eigenvalue weighted by Crippen LogP contribution is 2.19. The van der Waals surface area contributed by atoms with E-state index in [1.54, 1.807) is 0 Å². The Labute approximate surface area is 121 Å². The summed E-state index contributed by atoms with van der Waals surface area (Å²) >= 11 is 0. The van der Waals surface area contributed by atoms with E-state index in [0.717, 1.165) is 17.8 Å². The fourth-order valence-electron chi connectivity index (χ4n) is 1.74. The number of aryl methyl sites for hydroxylation is 1. The molecule has 0 amide bonds. The lowest BCUT2D eigenvalue weighted by molar-refractivity contribution is -0.0174. The monoisotopic (exact) mass is 279 g/mol. The Morgan fingerprint density at radius 1 is 1.30 bits per heavy atom. The molecule has 0 unspecified atom stereocenters. The van der Waals surface area contributed by atoms with Crippen molar-refractivity contribution < 1.29 is 9.47 Å². The third-order valence-electron chi connectivity index (χ3n) is 3.07.